The molecule has 0 saturated heterocycles. The van der Waals surface area contributed by atoms with Gasteiger partial charge in [0, 0.05) is 23.2 Å². The van der Waals surface area contributed by atoms with E-state index in [1.807, 2.05) is 19.1 Å². The van der Waals surface area contributed by atoms with E-state index in [4.69, 9.17) is 0 Å². The molecule has 5 nitrogen and oxygen atoms in total. The summed E-state index contributed by atoms with van der Waals surface area (Å²) >= 11 is 0. The van der Waals surface area contributed by atoms with Gasteiger partial charge in [-0.1, -0.05) is 44.2 Å². The molecule has 3 rings (SSSR count). The maximum atomic E-state index is 4.37. The highest BCUT2D eigenvalue weighted by molar-refractivity contribution is 5.46. The Hall–Kier alpha value is -2.43. The molecule has 22 heavy (non-hydrogen) atoms. The lowest BCUT2D eigenvalue weighted by molar-refractivity contribution is 0.456. The molecule has 0 fully saturated rings. The van der Waals surface area contributed by atoms with E-state index in [2.05, 4.69) is 65.4 Å². The maximum Gasteiger partial charge on any atom is 0.254 e. The second kappa shape index (κ2) is 5.40. The number of aromatic nitrogens is 4. The Labute approximate surface area is 130 Å². The Kier molecular flexibility index (Phi) is 3.56. The molecule has 5 heteroatoms. The van der Waals surface area contributed by atoms with Crippen LogP contribution in [0.25, 0.3) is 5.78 Å². The van der Waals surface area contributed by atoms with Crippen molar-refractivity contribution in [3.8, 4) is 0 Å². The Morgan fingerprint density at radius 3 is 2.64 bits per heavy atom. The van der Waals surface area contributed by atoms with Gasteiger partial charge in [-0.15, -0.1) is 0 Å². The number of hydrogen-bond donors (Lipinski definition) is 1. The summed E-state index contributed by atoms with van der Waals surface area (Å²) in [6, 6.07) is 12.8. The fourth-order valence-electron chi connectivity index (χ4n) is 2.55. The number of benzene rings is 1. The number of nitrogens with zero attached hydrogens (tertiary/aromatic N) is 4. The fraction of sp³-hybridized carbons (Fsp3) is 0.353. The molecule has 0 bridgehead atoms. The van der Waals surface area contributed by atoms with Crippen molar-refractivity contribution in [3.63, 3.8) is 0 Å². The van der Waals surface area contributed by atoms with E-state index in [1.165, 1.54) is 11.9 Å². The lowest BCUT2D eigenvalue weighted by Crippen LogP contribution is -2.38. The summed E-state index contributed by atoms with van der Waals surface area (Å²) < 4.78 is 1.74. The predicted octanol–water partition coefficient (Wildman–Crippen LogP) is 3.21. The van der Waals surface area contributed by atoms with Crippen molar-refractivity contribution in [2.24, 2.45) is 0 Å². The standard InChI is InChI=1S/C17H21N5/c1-12-10-15(22-16(20-12)18-11-19-22)21-13(2)17(3,4)14-8-6-5-7-9-14/h5-11,13,21H,1-4H3. The van der Waals surface area contributed by atoms with Gasteiger partial charge in [-0.25, -0.2) is 4.98 Å². The fourth-order valence-corrected chi connectivity index (χ4v) is 2.55. The van der Waals surface area contributed by atoms with Gasteiger partial charge in [0.1, 0.15) is 12.1 Å². The number of rotatable bonds is 4. The number of hydrogen-bond acceptors (Lipinski definition) is 4. The van der Waals surface area contributed by atoms with Crippen LogP contribution in [0.3, 0.4) is 0 Å². The van der Waals surface area contributed by atoms with E-state index in [9.17, 15) is 0 Å². The van der Waals surface area contributed by atoms with E-state index in [1.54, 1.807) is 4.52 Å². The Balaban J connectivity index is 1.93. The van der Waals surface area contributed by atoms with Crippen molar-refractivity contribution in [1.29, 1.82) is 0 Å². The molecule has 1 aromatic carbocycles. The topological polar surface area (TPSA) is 55.1 Å². The summed E-state index contributed by atoms with van der Waals surface area (Å²) in [7, 11) is 0. The smallest absolute Gasteiger partial charge is 0.254 e. The molecule has 2 aromatic heterocycles. The molecule has 1 atom stereocenters. The zero-order chi connectivity index (χ0) is 15.7. The Bertz CT molecular complexity index is 776. The first-order valence-electron chi connectivity index (χ1n) is 7.48. The highest BCUT2D eigenvalue weighted by atomic mass is 15.4. The lowest BCUT2D eigenvalue weighted by Gasteiger charge is -2.33. The summed E-state index contributed by atoms with van der Waals surface area (Å²) in [5, 5.41) is 7.82. The van der Waals surface area contributed by atoms with Crippen molar-refractivity contribution >= 4 is 11.6 Å². The van der Waals surface area contributed by atoms with Crippen LogP contribution in [0.2, 0.25) is 0 Å². The summed E-state index contributed by atoms with van der Waals surface area (Å²) in [6.45, 7) is 8.64. The third kappa shape index (κ3) is 2.54. The van der Waals surface area contributed by atoms with Crippen molar-refractivity contribution in [1.82, 2.24) is 19.6 Å². The van der Waals surface area contributed by atoms with Crippen LogP contribution < -0.4 is 5.32 Å². The van der Waals surface area contributed by atoms with Crippen LogP contribution in [0.4, 0.5) is 5.82 Å². The highest BCUT2D eigenvalue weighted by Gasteiger charge is 2.28. The van der Waals surface area contributed by atoms with Gasteiger partial charge in [0.05, 0.1) is 0 Å². The largest absolute Gasteiger partial charge is 0.367 e. The zero-order valence-electron chi connectivity index (χ0n) is 13.4. The molecule has 0 aliphatic rings. The van der Waals surface area contributed by atoms with E-state index >= 15 is 0 Å². The van der Waals surface area contributed by atoms with Crippen LogP contribution in [-0.4, -0.2) is 25.6 Å². The molecule has 114 valence electrons. The Morgan fingerprint density at radius 1 is 1.18 bits per heavy atom. The molecule has 1 unspecified atom stereocenters. The van der Waals surface area contributed by atoms with Crippen LogP contribution in [0, 0.1) is 6.92 Å². The predicted molar refractivity (Wildman–Crippen MR) is 88.1 cm³/mol. The summed E-state index contributed by atoms with van der Waals surface area (Å²) in [5.41, 5.74) is 2.20. The molecule has 0 spiro atoms. The van der Waals surface area contributed by atoms with Crippen LogP contribution in [-0.2, 0) is 5.41 Å². The minimum absolute atomic E-state index is 0.0225. The Morgan fingerprint density at radius 2 is 1.91 bits per heavy atom. The number of anilines is 1. The molecular formula is C17H21N5. The molecule has 0 amide bonds. The maximum absolute atomic E-state index is 4.37. The molecule has 0 aliphatic carbocycles. The summed E-state index contributed by atoms with van der Waals surface area (Å²) in [4.78, 5) is 8.54. The molecule has 1 N–H and O–H groups in total. The van der Waals surface area contributed by atoms with Crippen molar-refractivity contribution in [2.45, 2.75) is 39.2 Å². The van der Waals surface area contributed by atoms with Crippen LogP contribution in [0.1, 0.15) is 32.0 Å². The van der Waals surface area contributed by atoms with Crippen LogP contribution in [0.15, 0.2) is 42.7 Å². The first-order valence-corrected chi connectivity index (χ1v) is 7.48. The average Bonchev–Trinajstić information content (AvgIpc) is 2.96. The van der Waals surface area contributed by atoms with Gasteiger partial charge >= 0.3 is 0 Å². The van der Waals surface area contributed by atoms with E-state index in [-0.39, 0.29) is 11.5 Å². The van der Waals surface area contributed by atoms with Gasteiger partial charge in [0.25, 0.3) is 5.78 Å². The first kappa shape index (κ1) is 14.5. The molecule has 0 saturated carbocycles. The van der Waals surface area contributed by atoms with E-state index < -0.39 is 0 Å². The summed E-state index contributed by atoms with van der Waals surface area (Å²) in [5.74, 6) is 1.53. The van der Waals surface area contributed by atoms with Crippen LogP contribution >= 0.6 is 0 Å². The second-order valence-corrected chi connectivity index (χ2v) is 6.21. The van der Waals surface area contributed by atoms with Crippen molar-refractivity contribution < 1.29 is 0 Å². The zero-order valence-corrected chi connectivity index (χ0v) is 13.4. The van der Waals surface area contributed by atoms with Gasteiger partial charge in [0.15, 0.2) is 0 Å². The highest BCUT2D eigenvalue weighted by Crippen LogP contribution is 2.29. The van der Waals surface area contributed by atoms with Gasteiger partial charge < -0.3 is 5.32 Å². The quantitative estimate of drug-likeness (QED) is 0.803. The van der Waals surface area contributed by atoms with Gasteiger partial charge in [0.2, 0.25) is 0 Å². The first-order chi connectivity index (χ1) is 10.5. The summed E-state index contributed by atoms with van der Waals surface area (Å²) in [6.07, 6.45) is 1.53. The second-order valence-electron chi connectivity index (χ2n) is 6.21. The third-order valence-electron chi connectivity index (χ3n) is 4.34. The molecule has 0 aliphatic heterocycles. The minimum atomic E-state index is -0.0225. The average molecular weight is 295 g/mol. The van der Waals surface area contributed by atoms with Gasteiger partial charge in [-0.3, -0.25) is 0 Å². The number of fused-ring (bicyclic) bond motifs is 1. The normalized spacial score (nSPS) is 13.3. The SMILES string of the molecule is Cc1cc(NC(C)C(C)(C)c2ccccc2)n2ncnc2n1. The molecule has 3 aromatic rings. The number of aryl methyl sites for hydroxylation is 1. The lowest BCUT2D eigenvalue weighted by atomic mass is 9.78. The molecular weight excluding hydrogens is 274 g/mol. The minimum Gasteiger partial charge on any atom is -0.367 e. The van der Waals surface area contributed by atoms with Crippen molar-refractivity contribution in [2.75, 3.05) is 5.32 Å². The van der Waals surface area contributed by atoms with Gasteiger partial charge in [-0.05, 0) is 19.4 Å². The van der Waals surface area contributed by atoms with E-state index in [0.29, 0.717) is 5.78 Å². The van der Waals surface area contributed by atoms with Crippen LogP contribution in [0.5, 0.6) is 0 Å². The monoisotopic (exact) mass is 295 g/mol. The molecule has 2 heterocycles. The van der Waals surface area contributed by atoms with Crippen molar-refractivity contribution in [3.05, 3.63) is 54.0 Å². The number of nitrogens with one attached hydrogen (secondary N) is 1. The van der Waals surface area contributed by atoms with Gasteiger partial charge in [-0.2, -0.15) is 14.6 Å². The van der Waals surface area contributed by atoms with E-state index in [0.717, 1.165) is 11.5 Å². The molecule has 0 radical (unpaired) electrons. The third-order valence-corrected chi connectivity index (χ3v) is 4.34.